The Kier molecular flexibility index (Phi) is 5.21. The molecule has 1 aliphatic carbocycles. The van der Waals surface area contributed by atoms with Crippen molar-refractivity contribution in [2.45, 2.75) is 65.0 Å². The molecule has 0 aromatic carbocycles. The monoisotopic (exact) mass is 307 g/mol. The minimum absolute atomic E-state index is 0.0628. The summed E-state index contributed by atoms with van der Waals surface area (Å²) in [5.74, 6) is -1.32. The van der Waals surface area contributed by atoms with Crippen LogP contribution in [0, 0.1) is 12.8 Å². The highest BCUT2D eigenvalue weighted by molar-refractivity contribution is 5.92. The van der Waals surface area contributed by atoms with Crippen LogP contribution in [-0.2, 0) is 4.79 Å². The van der Waals surface area contributed by atoms with Crippen LogP contribution in [0.15, 0.2) is 6.07 Å². The van der Waals surface area contributed by atoms with E-state index in [1.54, 1.807) is 6.07 Å². The molecule has 2 atom stereocenters. The number of hydrogen-bond donors (Lipinski definition) is 2. The van der Waals surface area contributed by atoms with Gasteiger partial charge in [-0.15, -0.1) is 0 Å². The van der Waals surface area contributed by atoms with Gasteiger partial charge in [-0.1, -0.05) is 13.8 Å². The number of aromatic nitrogens is 2. The van der Waals surface area contributed by atoms with Crippen molar-refractivity contribution in [2.24, 2.45) is 5.92 Å². The minimum atomic E-state index is -0.773. The lowest BCUT2D eigenvalue weighted by molar-refractivity contribution is -0.141. The second kappa shape index (κ2) is 6.94. The number of aliphatic carboxylic acids is 1. The quantitative estimate of drug-likeness (QED) is 0.846. The molecule has 122 valence electrons. The molecule has 2 rings (SSSR count). The number of nitrogens with zero attached hydrogens (tertiary/aromatic N) is 2. The molecule has 0 spiro atoms. The Balaban J connectivity index is 2.02. The molecule has 0 unspecified atom stereocenters. The lowest BCUT2D eigenvalue weighted by Gasteiger charge is -2.15. The number of amides is 1. The van der Waals surface area contributed by atoms with Crippen molar-refractivity contribution in [1.29, 1.82) is 0 Å². The third-order valence-corrected chi connectivity index (χ3v) is 4.56. The van der Waals surface area contributed by atoms with E-state index < -0.39 is 5.97 Å². The number of carboxylic acid groups (broad SMARTS) is 1. The van der Waals surface area contributed by atoms with Crippen LogP contribution in [0.1, 0.15) is 68.2 Å². The molecular formula is C16H25N3O3. The number of carboxylic acids is 1. The summed E-state index contributed by atoms with van der Waals surface area (Å²) in [6.45, 7) is 6.18. The highest BCUT2D eigenvalue weighted by Crippen LogP contribution is 2.26. The first kappa shape index (κ1) is 16.5. The molecule has 6 nitrogen and oxygen atoms in total. The molecule has 1 saturated carbocycles. The molecule has 1 amide bonds. The Morgan fingerprint density at radius 3 is 2.64 bits per heavy atom. The van der Waals surface area contributed by atoms with E-state index in [4.69, 9.17) is 5.11 Å². The predicted octanol–water partition coefficient (Wildman–Crippen LogP) is 2.54. The van der Waals surface area contributed by atoms with E-state index in [1.807, 2.05) is 11.6 Å². The van der Waals surface area contributed by atoms with E-state index in [1.165, 1.54) is 0 Å². The fourth-order valence-electron chi connectivity index (χ4n) is 3.20. The van der Waals surface area contributed by atoms with E-state index in [0.717, 1.165) is 25.0 Å². The molecule has 22 heavy (non-hydrogen) atoms. The van der Waals surface area contributed by atoms with Crippen molar-refractivity contribution in [3.8, 4) is 0 Å². The summed E-state index contributed by atoms with van der Waals surface area (Å²) in [7, 11) is 0. The number of nitrogens with one attached hydrogen (secondary N) is 1. The van der Waals surface area contributed by atoms with Gasteiger partial charge in [0.2, 0.25) is 0 Å². The van der Waals surface area contributed by atoms with E-state index in [0.29, 0.717) is 24.6 Å². The molecule has 1 aliphatic rings. The van der Waals surface area contributed by atoms with Gasteiger partial charge in [-0.05, 0) is 45.1 Å². The van der Waals surface area contributed by atoms with Crippen LogP contribution in [0.3, 0.4) is 0 Å². The standard InChI is InChI=1S/C16H25N3O3/c1-4-13(5-2)19-10(3)8-14(18-19)15(20)17-12-7-6-11(9-12)16(21)22/h8,11-13H,4-7,9H2,1-3H3,(H,17,20)(H,21,22)/t11-,12+/m0/s1. The largest absolute Gasteiger partial charge is 0.481 e. The summed E-state index contributed by atoms with van der Waals surface area (Å²) in [6, 6.07) is 2.05. The molecule has 2 N–H and O–H groups in total. The maximum atomic E-state index is 12.3. The molecule has 1 aromatic rings. The number of carbonyl (C=O) groups excluding carboxylic acids is 1. The number of hydrogen-bond acceptors (Lipinski definition) is 3. The van der Waals surface area contributed by atoms with Gasteiger partial charge in [0.05, 0.1) is 12.0 Å². The summed E-state index contributed by atoms with van der Waals surface area (Å²) in [4.78, 5) is 23.3. The molecule has 1 heterocycles. The number of aryl methyl sites for hydroxylation is 1. The first-order valence-corrected chi connectivity index (χ1v) is 8.06. The predicted molar refractivity (Wildman–Crippen MR) is 82.8 cm³/mol. The van der Waals surface area contributed by atoms with Crippen molar-refractivity contribution < 1.29 is 14.7 Å². The first-order chi connectivity index (χ1) is 10.5. The second-order valence-electron chi connectivity index (χ2n) is 6.10. The van der Waals surface area contributed by atoms with Crippen LogP contribution in [0.4, 0.5) is 0 Å². The van der Waals surface area contributed by atoms with Crippen LogP contribution in [0.5, 0.6) is 0 Å². The molecule has 0 saturated heterocycles. The fraction of sp³-hybridized carbons (Fsp3) is 0.688. The van der Waals surface area contributed by atoms with Gasteiger partial charge in [0, 0.05) is 11.7 Å². The topological polar surface area (TPSA) is 84.2 Å². The van der Waals surface area contributed by atoms with E-state index in [2.05, 4.69) is 24.3 Å². The van der Waals surface area contributed by atoms with Gasteiger partial charge >= 0.3 is 5.97 Å². The Morgan fingerprint density at radius 1 is 1.41 bits per heavy atom. The van der Waals surface area contributed by atoms with Crippen molar-refractivity contribution >= 4 is 11.9 Å². The lowest BCUT2D eigenvalue weighted by Crippen LogP contribution is -2.33. The van der Waals surface area contributed by atoms with Crippen LogP contribution < -0.4 is 5.32 Å². The molecule has 6 heteroatoms. The van der Waals surface area contributed by atoms with E-state index >= 15 is 0 Å². The van der Waals surface area contributed by atoms with Gasteiger partial charge in [0.25, 0.3) is 5.91 Å². The lowest BCUT2D eigenvalue weighted by atomic mass is 10.1. The second-order valence-corrected chi connectivity index (χ2v) is 6.10. The Morgan fingerprint density at radius 2 is 2.09 bits per heavy atom. The van der Waals surface area contributed by atoms with Crippen molar-refractivity contribution in [3.05, 3.63) is 17.5 Å². The third kappa shape index (κ3) is 3.48. The van der Waals surface area contributed by atoms with Crippen molar-refractivity contribution in [2.75, 3.05) is 0 Å². The molecule has 0 bridgehead atoms. The van der Waals surface area contributed by atoms with Crippen molar-refractivity contribution in [1.82, 2.24) is 15.1 Å². The fourth-order valence-corrected chi connectivity index (χ4v) is 3.20. The van der Waals surface area contributed by atoms with Crippen LogP contribution >= 0.6 is 0 Å². The zero-order chi connectivity index (χ0) is 16.3. The summed E-state index contributed by atoms with van der Waals surface area (Å²) >= 11 is 0. The molecule has 0 radical (unpaired) electrons. The van der Waals surface area contributed by atoms with Gasteiger partial charge < -0.3 is 10.4 Å². The van der Waals surface area contributed by atoms with Crippen LogP contribution in [0.2, 0.25) is 0 Å². The molecule has 1 fully saturated rings. The SMILES string of the molecule is CCC(CC)n1nc(C(=O)N[C@@H]2CC[C@H](C(=O)O)C2)cc1C. The maximum Gasteiger partial charge on any atom is 0.306 e. The number of carbonyl (C=O) groups is 2. The zero-order valence-electron chi connectivity index (χ0n) is 13.5. The smallest absolute Gasteiger partial charge is 0.306 e. The summed E-state index contributed by atoms with van der Waals surface area (Å²) < 4.78 is 1.92. The average Bonchev–Trinajstić information content (AvgIpc) is 3.08. The number of rotatable bonds is 6. The zero-order valence-corrected chi connectivity index (χ0v) is 13.5. The van der Waals surface area contributed by atoms with Crippen LogP contribution in [-0.4, -0.2) is 32.8 Å². The van der Waals surface area contributed by atoms with Gasteiger partial charge in [-0.25, -0.2) is 0 Å². The molecule has 1 aromatic heterocycles. The summed E-state index contributed by atoms with van der Waals surface area (Å²) in [5.41, 5.74) is 1.40. The van der Waals surface area contributed by atoms with Gasteiger partial charge in [-0.3, -0.25) is 14.3 Å². The Labute approximate surface area is 130 Å². The Hall–Kier alpha value is -1.85. The van der Waals surface area contributed by atoms with Gasteiger partial charge in [0.1, 0.15) is 5.69 Å². The third-order valence-electron chi connectivity index (χ3n) is 4.56. The normalized spacial score (nSPS) is 21.3. The maximum absolute atomic E-state index is 12.3. The van der Waals surface area contributed by atoms with Gasteiger partial charge in [0.15, 0.2) is 0 Å². The van der Waals surface area contributed by atoms with Gasteiger partial charge in [-0.2, -0.15) is 5.10 Å². The molecular weight excluding hydrogens is 282 g/mol. The van der Waals surface area contributed by atoms with Crippen LogP contribution in [0.25, 0.3) is 0 Å². The van der Waals surface area contributed by atoms with E-state index in [9.17, 15) is 9.59 Å². The summed E-state index contributed by atoms with van der Waals surface area (Å²) in [5, 5.41) is 16.4. The first-order valence-electron chi connectivity index (χ1n) is 8.06. The minimum Gasteiger partial charge on any atom is -0.481 e. The summed E-state index contributed by atoms with van der Waals surface area (Å²) in [6.07, 6.45) is 3.80. The highest BCUT2D eigenvalue weighted by Gasteiger charge is 2.31. The Bertz CT molecular complexity index is 549. The van der Waals surface area contributed by atoms with E-state index in [-0.39, 0.29) is 17.9 Å². The average molecular weight is 307 g/mol. The van der Waals surface area contributed by atoms with Crippen molar-refractivity contribution in [3.63, 3.8) is 0 Å². The molecule has 0 aliphatic heterocycles. The highest BCUT2D eigenvalue weighted by atomic mass is 16.4.